The summed E-state index contributed by atoms with van der Waals surface area (Å²) in [6.07, 6.45) is 0. The van der Waals surface area contributed by atoms with Crippen LogP contribution in [0, 0.1) is 0 Å². The summed E-state index contributed by atoms with van der Waals surface area (Å²) in [5.74, 6) is -1.63. The largest absolute Gasteiger partial charge is 1.00 e. The Morgan fingerprint density at radius 3 is 1.41 bits per heavy atom. The zero-order valence-corrected chi connectivity index (χ0v) is 31.5. The smallest absolute Gasteiger partial charge is 0.870 e. The van der Waals surface area contributed by atoms with Crippen molar-refractivity contribution in [3.63, 3.8) is 0 Å². The molecule has 0 aromatic heterocycles. The van der Waals surface area contributed by atoms with Crippen molar-refractivity contribution in [1.29, 1.82) is 0 Å². The third-order valence-corrected chi connectivity index (χ3v) is 4.72. The van der Waals surface area contributed by atoms with Gasteiger partial charge in [0.2, 0.25) is 0 Å². The van der Waals surface area contributed by atoms with Crippen LogP contribution < -0.4 is 32.1 Å². The number of carbonyl (C=O) groups excluding carboxylic acids is 1. The number of hydrogen-bond acceptors (Lipinski definition) is 4. The topological polar surface area (TPSA) is 93.6 Å². The molecule has 0 fully saturated rings. The number of carboxylic acid groups (broad SMARTS) is 1. The molecule has 5 nitrogen and oxygen atoms in total. The monoisotopic (exact) mass is 1130 g/mol. The Hall–Kier alpha value is 2.55. The minimum Gasteiger partial charge on any atom is -0.870 e. The molecule has 0 radical (unpaired) electrons. The fourth-order valence-electron chi connectivity index (χ4n) is 1.96. The summed E-state index contributed by atoms with van der Waals surface area (Å²) >= 11 is 16.2. The molecule has 2 unspecified atom stereocenters. The SMILES string of the molecule is CC(C(=O)O)c1ccc(Br)cc1.COC(=O)C(C)c1ccc(Br)cc1.II.I[I-]I.[Li+].[OH-]. The Morgan fingerprint density at radius 1 is 0.875 bits per heavy atom. The van der Waals surface area contributed by atoms with Crippen molar-refractivity contribution in [1.82, 2.24) is 0 Å². The van der Waals surface area contributed by atoms with Crippen LogP contribution in [-0.2, 0) is 14.3 Å². The van der Waals surface area contributed by atoms with Crippen molar-refractivity contribution in [2.45, 2.75) is 25.7 Å². The third-order valence-electron chi connectivity index (χ3n) is 3.67. The van der Waals surface area contributed by atoms with Crippen LogP contribution in [-0.4, -0.2) is 29.6 Å². The fraction of sp³-hybridized carbons (Fsp3) is 0.263. The summed E-state index contributed by atoms with van der Waals surface area (Å²) in [5, 5.41) is 8.69. The molecular formula is C19H21Br2I5LiO5-. The zero-order valence-electron chi connectivity index (χ0n) is 17.5. The van der Waals surface area contributed by atoms with E-state index in [9.17, 15) is 9.59 Å². The molecule has 13 heteroatoms. The van der Waals surface area contributed by atoms with Crippen LogP contribution in [0.3, 0.4) is 0 Å². The second-order valence-corrected chi connectivity index (χ2v) is 23.5. The summed E-state index contributed by atoms with van der Waals surface area (Å²) in [4.78, 5) is 21.7. The number of halogens is 7. The normalized spacial score (nSPS) is 10.5. The van der Waals surface area contributed by atoms with E-state index in [-0.39, 0.29) is 36.2 Å². The molecule has 2 aromatic carbocycles. The predicted octanol–water partition coefficient (Wildman–Crippen LogP) is 2.74. The van der Waals surface area contributed by atoms with E-state index in [4.69, 9.17) is 5.11 Å². The minimum absolute atomic E-state index is 0. The number of benzene rings is 2. The molecule has 2 atom stereocenters. The van der Waals surface area contributed by atoms with Crippen LogP contribution in [0.1, 0.15) is 36.8 Å². The molecule has 0 saturated carbocycles. The van der Waals surface area contributed by atoms with Gasteiger partial charge in [0.15, 0.2) is 0 Å². The number of aliphatic carboxylic acids is 1. The summed E-state index contributed by atoms with van der Waals surface area (Å²) in [5.41, 5.74) is 1.79. The summed E-state index contributed by atoms with van der Waals surface area (Å²) in [6.45, 7) is 3.50. The molecule has 0 heterocycles. The molecular weight excluding hydrogens is 1110 g/mol. The quantitative estimate of drug-likeness (QED) is 0.289. The number of esters is 1. The van der Waals surface area contributed by atoms with Gasteiger partial charge in [0.1, 0.15) is 0 Å². The summed E-state index contributed by atoms with van der Waals surface area (Å²) in [6, 6.07) is 14.9. The Morgan fingerprint density at radius 2 is 1.16 bits per heavy atom. The molecule has 0 saturated heterocycles. The van der Waals surface area contributed by atoms with Gasteiger partial charge in [-0.3, -0.25) is 9.59 Å². The number of carbonyl (C=O) groups is 2. The second kappa shape index (κ2) is 26.6. The Labute approximate surface area is 271 Å². The first kappa shape index (κ1) is 41.7. The number of hydrogen-bond donors (Lipinski definition) is 1. The van der Waals surface area contributed by atoms with Crippen molar-refractivity contribution < 1.29 is 57.0 Å². The number of methoxy groups -OCH3 is 1. The molecule has 0 aliphatic heterocycles. The average Bonchev–Trinajstić information content (AvgIpc) is 2.75. The molecule has 0 aliphatic rings. The molecule has 0 spiro atoms. The van der Waals surface area contributed by atoms with E-state index in [1.807, 2.05) is 55.5 Å². The first-order chi connectivity index (χ1) is 14.2. The molecule has 32 heavy (non-hydrogen) atoms. The van der Waals surface area contributed by atoms with Gasteiger partial charge in [0.25, 0.3) is 0 Å². The Bertz CT molecular complexity index is 740. The van der Waals surface area contributed by atoms with Gasteiger partial charge < -0.3 is 15.3 Å². The van der Waals surface area contributed by atoms with E-state index < -0.39 is 11.9 Å². The molecule has 0 amide bonds. The van der Waals surface area contributed by atoms with Crippen LogP contribution in [0.25, 0.3) is 0 Å². The standard InChI is InChI=1S/C10H11BrO2.C9H9BrO2.I3.I2.Li.H2O/c1-7(10(12)13-2)8-3-5-9(11)6-4-8;1-6(9(11)12)7-2-4-8(10)5-3-7;1-3-2;1-2;;/h3-7H,1-2H3;2-6H,1H3,(H,11,12);;;;1H2/q;;-1;;+1;/p-1. The molecule has 0 aliphatic carbocycles. The van der Waals surface area contributed by atoms with Crippen molar-refractivity contribution in [2.75, 3.05) is 7.11 Å². The second-order valence-electron chi connectivity index (χ2n) is 5.46. The Balaban J connectivity index is -0.000000194. The van der Waals surface area contributed by atoms with E-state index in [1.54, 1.807) is 6.92 Å². The van der Waals surface area contributed by atoms with E-state index in [1.165, 1.54) is 7.11 Å². The van der Waals surface area contributed by atoms with Gasteiger partial charge in [-0.15, -0.1) is 0 Å². The third kappa shape index (κ3) is 19.7. The average molecular weight is 1130 g/mol. The van der Waals surface area contributed by atoms with E-state index in [0.717, 1.165) is 20.1 Å². The predicted molar refractivity (Wildman–Crippen MR) is 163 cm³/mol. The summed E-state index contributed by atoms with van der Waals surface area (Å²) in [7, 11) is 1.40. The molecule has 0 bridgehead atoms. The number of rotatable bonds is 4. The van der Waals surface area contributed by atoms with E-state index in [0.29, 0.717) is 13.3 Å². The zero-order chi connectivity index (χ0) is 23.7. The summed E-state index contributed by atoms with van der Waals surface area (Å²) < 4.78 is 6.62. The molecule has 178 valence electrons. The molecule has 2 rings (SSSR count). The van der Waals surface area contributed by atoms with Crippen LogP contribution in [0.15, 0.2) is 57.5 Å². The van der Waals surface area contributed by atoms with Gasteiger partial charge in [0.05, 0.1) is 18.9 Å². The van der Waals surface area contributed by atoms with Crippen LogP contribution in [0.2, 0.25) is 0 Å². The van der Waals surface area contributed by atoms with Crippen molar-refractivity contribution >= 4 is 118 Å². The molecule has 2 N–H and O–H groups in total. The van der Waals surface area contributed by atoms with Gasteiger partial charge in [-0.05, 0) is 49.2 Å². The number of carboxylic acids is 1. The van der Waals surface area contributed by atoms with Crippen LogP contribution in [0.5, 0.6) is 0 Å². The fourth-order valence-corrected chi connectivity index (χ4v) is 2.49. The van der Waals surface area contributed by atoms with Crippen molar-refractivity contribution in [3.05, 3.63) is 68.6 Å². The van der Waals surface area contributed by atoms with Gasteiger partial charge in [-0.1, -0.05) is 56.1 Å². The Kier molecular flexibility index (Phi) is 34.6. The van der Waals surface area contributed by atoms with Gasteiger partial charge >= 0.3 is 81.3 Å². The number of ether oxygens (including phenoxy) is 1. The minimum atomic E-state index is -0.794. The maximum atomic E-state index is 11.2. The van der Waals surface area contributed by atoms with E-state index in [2.05, 4.69) is 111 Å². The van der Waals surface area contributed by atoms with E-state index >= 15 is 0 Å². The van der Waals surface area contributed by atoms with Crippen molar-refractivity contribution in [2.24, 2.45) is 0 Å². The van der Waals surface area contributed by atoms with Gasteiger partial charge in [0, 0.05) is 46.2 Å². The first-order valence-corrected chi connectivity index (χ1v) is 28.4. The van der Waals surface area contributed by atoms with Gasteiger partial charge in [-0.25, -0.2) is 0 Å². The van der Waals surface area contributed by atoms with Crippen LogP contribution >= 0.6 is 106 Å². The maximum Gasteiger partial charge on any atom is 1.00 e. The molecule has 2 aromatic rings. The maximum absolute atomic E-state index is 11.2. The van der Waals surface area contributed by atoms with Gasteiger partial charge in [-0.2, -0.15) is 0 Å². The van der Waals surface area contributed by atoms with Crippen molar-refractivity contribution in [3.8, 4) is 0 Å². The van der Waals surface area contributed by atoms with Crippen LogP contribution in [0.4, 0.5) is 0 Å². The first-order valence-electron chi connectivity index (χ1n) is 8.00.